The molecule has 0 aliphatic carbocycles. The standard InChI is InChI=1S/C16H15FN2O2S/c17-13-4-1-12(2-5-13)3-6-15(20)14(11-18)16(21)19-7-9-22-10-8-19/h1-6,14H,7-10H2/b6-3+/t14-/m1/s1. The van der Waals surface area contributed by atoms with Gasteiger partial charge in [-0.3, -0.25) is 9.59 Å². The molecule has 1 aliphatic heterocycles. The highest BCUT2D eigenvalue weighted by Crippen LogP contribution is 2.14. The Labute approximate surface area is 132 Å². The van der Waals surface area contributed by atoms with E-state index >= 15 is 0 Å². The van der Waals surface area contributed by atoms with Gasteiger partial charge in [0.25, 0.3) is 0 Å². The number of nitriles is 1. The maximum Gasteiger partial charge on any atom is 0.247 e. The average molecular weight is 318 g/mol. The van der Waals surface area contributed by atoms with Gasteiger partial charge in [0.2, 0.25) is 5.91 Å². The molecule has 0 aromatic heterocycles. The van der Waals surface area contributed by atoms with Crippen LogP contribution in [0.15, 0.2) is 30.3 Å². The molecular formula is C16H15FN2O2S. The van der Waals surface area contributed by atoms with Crippen LogP contribution in [0.2, 0.25) is 0 Å². The summed E-state index contributed by atoms with van der Waals surface area (Å²) < 4.78 is 12.8. The maximum absolute atomic E-state index is 12.8. The van der Waals surface area contributed by atoms with Crippen molar-refractivity contribution in [3.63, 3.8) is 0 Å². The molecule has 0 N–H and O–H groups in total. The van der Waals surface area contributed by atoms with E-state index in [1.165, 1.54) is 36.4 Å². The second kappa shape index (κ2) is 7.76. The number of hydrogen-bond acceptors (Lipinski definition) is 4. The summed E-state index contributed by atoms with van der Waals surface area (Å²) in [6.07, 6.45) is 2.68. The van der Waals surface area contributed by atoms with Crippen LogP contribution in [0.4, 0.5) is 4.39 Å². The second-order valence-electron chi connectivity index (χ2n) is 4.79. The minimum absolute atomic E-state index is 0.364. The van der Waals surface area contributed by atoms with Crippen LogP contribution < -0.4 is 0 Å². The molecule has 1 fully saturated rings. The second-order valence-corrected chi connectivity index (χ2v) is 6.01. The zero-order valence-electron chi connectivity index (χ0n) is 11.9. The molecule has 0 bridgehead atoms. The highest BCUT2D eigenvalue weighted by atomic mass is 32.2. The van der Waals surface area contributed by atoms with Gasteiger partial charge in [-0.1, -0.05) is 18.2 Å². The van der Waals surface area contributed by atoms with Crippen LogP contribution in [-0.4, -0.2) is 41.2 Å². The van der Waals surface area contributed by atoms with Crippen molar-refractivity contribution < 1.29 is 14.0 Å². The zero-order chi connectivity index (χ0) is 15.9. The van der Waals surface area contributed by atoms with Gasteiger partial charge in [0.05, 0.1) is 6.07 Å². The van der Waals surface area contributed by atoms with E-state index in [4.69, 9.17) is 5.26 Å². The summed E-state index contributed by atoms with van der Waals surface area (Å²) >= 11 is 1.75. The van der Waals surface area contributed by atoms with Gasteiger partial charge in [-0.15, -0.1) is 0 Å². The van der Waals surface area contributed by atoms with Crippen LogP contribution >= 0.6 is 11.8 Å². The van der Waals surface area contributed by atoms with Crippen molar-refractivity contribution in [3.05, 3.63) is 41.7 Å². The molecule has 0 saturated carbocycles. The predicted octanol–water partition coefficient (Wildman–Crippen LogP) is 2.12. The van der Waals surface area contributed by atoms with Crippen LogP contribution in [0.3, 0.4) is 0 Å². The number of allylic oxidation sites excluding steroid dienone is 1. The molecule has 22 heavy (non-hydrogen) atoms. The first-order valence-electron chi connectivity index (χ1n) is 6.85. The van der Waals surface area contributed by atoms with Crippen LogP contribution in [0.5, 0.6) is 0 Å². The van der Waals surface area contributed by atoms with Gasteiger partial charge in [-0.25, -0.2) is 4.39 Å². The van der Waals surface area contributed by atoms with Gasteiger partial charge in [0.15, 0.2) is 11.7 Å². The number of nitrogens with zero attached hydrogens (tertiary/aromatic N) is 2. The predicted molar refractivity (Wildman–Crippen MR) is 83.4 cm³/mol. The van der Waals surface area contributed by atoms with Crippen molar-refractivity contribution >= 4 is 29.5 Å². The van der Waals surface area contributed by atoms with E-state index in [0.717, 1.165) is 11.5 Å². The van der Waals surface area contributed by atoms with Gasteiger partial charge in [-0.2, -0.15) is 17.0 Å². The highest BCUT2D eigenvalue weighted by Gasteiger charge is 2.29. The van der Waals surface area contributed by atoms with E-state index in [9.17, 15) is 14.0 Å². The smallest absolute Gasteiger partial charge is 0.247 e. The summed E-state index contributed by atoms with van der Waals surface area (Å²) in [6, 6.07) is 7.38. The van der Waals surface area contributed by atoms with Crippen molar-refractivity contribution in [2.45, 2.75) is 0 Å². The Morgan fingerprint density at radius 2 is 1.91 bits per heavy atom. The summed E-state index contributed by atoms with van der Waals surface area (Å²) in [7, 11) is 0. The zero-order valence-corrected chi connectivity index (χ0v) is 12.7. The van der Waals surface area contributed by atoms with E-state index in [-0.39, 0.29) is 5.82 Å². The molecule has 1 heterocycles. The number of benzene rings is 1. The third-order valence-electron chi connectivity index (χ3n) is 3.29. The Balaban J connectivity index is 2.03. The molecule has 0 radical (unpaired) electrons. The van der Waals surface area contributed by atoms with E-state index in [1.54, 1.807) is 22.7 Å². The van der Waals surface area contributed by atoms with Gasteiger partial charge in [0, 0.05) is 24.6 Å². The fourth-order valence-corrected chi connectivity index (χ4v) is 2.96. The summed E-state index contributed by atoms with van der Waals surface area (Å²) in [5, 5.41) is 9.12. The maximum atomic E-state index is 12.8. The third kappa shape index (κ3) is 4.18. The molecule has 2 rings (SSSR count). The number of amides is 1. The van der Waals surface area contributed by atoms with Crippen LogP contribution in [0.25, 0.3) is 6.08 Å². The van der Waals surface area contributed by atoms with E-state index in [2.05, 4.69) is 0 Å². The van der Waals surface area contributed by atoms with Crippen molar-refractivity contribution in [2.24, 2.45) is 5.92 Å². The number of ketones is 1. The fourth-order valence-electron chi connectivity index (χ4n) is 2.06. The van der Waals surface area contributed by atoms with Crippen LogP contribution in [0, 0.1) is 23.1 Å². The molecule has 4 nitrogen and oxygen atoms in total. The van der Waals surface area contributed by atoms with E-state index < -0.39 is 17.6 Å². The highest BCUT2D eigenvalue weighted by molar-refractivity contribution is 7.99. The lowest BCUT2D eigenvalue weighted by Crippen LogP contribution is -2.43. The summed E-state index contributed by atoms with van der Waals surface area (Å²) in [6.45, 7) is 1.13. The molecule has 114 valence electrons. The average Bonchev–Trinajstić information content (AvgIpc) is 2.55. The number of hydrogen-bond donors (Lipinski definition) is 0. The summed E-state index contributed by atoms with van der Waals surface area (Å²) in [5.74, 6) is -1.00. The van der Waals surface area contributed by atoms with Gasteiger partial charge < -0.3 is 4.90 Å². The van der Waals surface area contributed by atoms with Crippen LogP contribution in [-0.2, 0) is 9.59 Å². The lowest BCUT2D eigenvalue weighted by molar-refractivity contribution is -0.137. The molecule has 1 atom stereocenters. The van der Waals surface area contributed by atoms with Gasteiger partial charge in [-0.05, 0) is 23.8 Å². The Kier molecular flexibility index (Phi) is 5.73. The van der Waals surface area contributed by atoms with Gasteiger partial charge in [0.1, 0.15) is 5.82 Å². The molecule has 1 aromatic rings. The number of carbonyl (C=O) groups excluding carboxylic acids is 2. The SMILES string of the molecule is N#C[C@H](C(=O)/C=C/c1ccc(F)cc1)C(=O)N1CCSCC1. The molecule has 0 spiro atoms. The van der Waals surface area contributed by atoms with E-state index in [0.29, 0.717) is 18.7 Å². The van der Waals surface area contributed by atoms with Crippen molar-refractivity contribution in [2.75, 3.05) is 24.6 Å². The number of rotatable bonds is 4. The monoisotopic (exact) mass is 318 g/mol. The molecule has 1 saturated heterocycles. The molecular weight excluding hydrogens is 303 g/mol. The lowest BCUT2D eigenvalue weighted by atomic mass is 10.0. The Morgan fingerprint density at radius 3 is 2.50 bits per heavy atom. The number of halogens is 1. The first-order chi connectivity index (χ1) is 10.6. The van der Waals surface area contributed by atoms with Crippen molar-refractivity contribution in [1.29, 1.82) is 5.26 Å². The molecule has 1 aromatic carbocycles. The third-order valence-corrected chi connectivity index (χ3v) is 4.24. The molecule has 0 unspecified atom stereocenters. The molecule has 1 aliphatic rings. The number of thioether (sulfide) groups is 1. The largest absolute Gasteiger partial charge is 0.339 e. The Bertz CT molecular complexity index is 616. The van der Waals surface area contributed by atoms with Gasteiger partial charge >= 0.3 is 0 Å². The summed E-state index contributed by atoms with van der Waals surface area (Å²) in [4.78, 5) is 25.8. The fraction of sp³-hybridized carbons (Fsp3) is 0.312. The first-order valence-corrected chi connectivity index (χ1v) is 8.01. The topological polar surface area (TPSA) is 61.2 Å². The van der Waals surface area contributed by atoms with E-state index in [1.807, 2.05) is 0 Å². The van der Waals surface area contributed by atoms with Crippen molar-refractivity contribution in [3.8, 4) is 6.07 Å². The first kappa shape index (κ1) is 16.2. The minimum atomic E-state index is -1.31. The van der Waals surface area contributed by atoms with Crippen molar-refractivity contribution in [1.82, 2.24) is 4.90 Å². The normalized spacial score (nSPS) is 16.3. The quantitative estimate of drug-likeness (QED) is 0.630. The Morgan fingerprint density at radius 1 is 1.27 bits per heavy atom. The number of carbonyl (C=O) groups is 2. The Hall–Kier alpha value is -2.13. The molecule has 6 heteroatoms. The van der Waals surface area contributed by atoms with Crippen LogP contribution in [0.1, 0.15) is 5.56 Å². The minimum Gasteiger partial charge on any atom is -0.339 e. The summed E-state index contributed by atoms with van der Waals surface area (Å²) in [5.41, 5.74) is 0.633. The molecule has 1 amide bonds. The lowest BCUT2D eigenvalue weighted by Gasteiger charge is -2.27.